The Morgan fingerprint density at radius 1 is 0.812 bits per heavy atom. The highest BCUT2D eigenvalue weighted by Crippen LogP contribution is 2.32. The SMILES string of the molecule is CCCCCCCCOc1ccc(-c2cc(-c3ccc(F)cc3F)ccc2C(=O)O)cc1. The minimum absolute atomic E-state index is 0.108. The Bertz CT molecular complexity index is 1050. The molecule has 0 aromatic heterocycles. The first-order valence-corrected chi connectivity index (χ1v) is 11.1. The van der Waals surface area contributed by atoms with Gasteiger partial charge in [0.25, 0.3) is 0 Å². The Morgan fingerprint density at radius 3 is 2.19 bits per heavy atom. The van der Waals surface area contributed by atoms with E-state index >= 15 is 0 Å². The molecule has 32 heavy (non-hydrogen) atoms. The van der Waals surface area contributed by atoms with Crippen molar-refractivity contribution in [3.63, 3.8) is 0 Å². The summed E-state index contributed by atoms with van der Waals surface area (Å²) in [5.74, 6) is -1.71. The maximum atomic E-state index is 14.2. The molecule has 3 nitrogen and oxygen atoms in total. The van der Waals surface area contributed by atoms with E-state index in [0.29, 0.717) is 23.3 Å². The molecule has 3 aromatic rings. The zero-order chi connectivity index (χ0) is 22.9. The average molecular weight is 439 g/mol. The van der Waals surface area contributed by atoms with Gasteiger partial charge in [-0.15, -0.1) is 0 Å². The first kappa shape index (κ1) is 23.5. The van der Waals surface area contributed by atoms with Crippen molar-refractivity contribution >= 4 is 5.97 Å². The number of rotatable bonds is 11. The smallest absolute Gasteiger partial charge is 0.336 e. The highest BCUT2D eigenvalue weighted by Gasteiger charge is 2.15. The van der Waals surface area contributed by atoms with Crippen molar-refractivity contribution in [3.05, 3.63) is 77.9 Å². The number of hydrogen-bond acceptors (Lipinski definition) is 2. The highest BCUT2D eigenvalue weighted by atomic mass is 19.1. The Balaban J connectivity index is 1.75. The summed E-state index contributed by atoms with van der Waals surface area (Å²) in [7, 11) is 0. The number of hydrogen-bond donors (Lipinski definition) is 1. The molecule has 0 radical (unpaired) electrons. The molecule has 0 aliphatic carbocycles. The van der Waals surface area contributed by atoms with Gasteiger partial charge in [0.2, 0.25) is 0 Å². The van der Waals surface area contributed by atoms with Crippen LogP contribution in [0.25, 0.3) is 22.3 Å². The lowest BCUT2D eigenvalue weighted by Gasteiger charge is -2.12. The van der Waals surface area contributed by atoms with E-state index in [-0.39, 0.29) is 11.1 Å². The van der Waals surface area contributed by atoms with Crippen LogP contribution in [0.2, 0.25) is 0 Å². The van der Waals surface area contributed by atoms with Gasteiger partial charge in [0.05, 0.1) is 12.2 Å². The maximum Gasteiger partial charge on any atom is 0.336 e. The van der Waals surface area contributed by atoms with Gasteiger partial charge in [-0.05, 0) is 59.5 Å². The summed E-state index contributed by atoms with van der Waals surface area (Å²) in [5.41, 5.74) is 1.94. The largest absolute Gasteiger partial charge is 0.494 e. The summed E-state index contributed by atoms with van der Waals surface area (Å²) in [5, 5.41) is 9.61. The van der Waals surface area contributed by atoms with Crippen LogP contribution in [0, 0.1) is 11.6 Å². The fourth-order valence-corrected chi connectivity index (χ4v) is 3.66. The van der Waals surface area contributed by atoms with E-state index < -0.39 is 17.6 Å². The number of benzene rings is 3. The van der Waals surface area contributed by atoms with E-state index in [1.54, 1.807) is 18.2 Å². The lowest BCUT2D eigenvalue weighted by molar-refractivity contribution is 0.0697. The standard InChI is InChI=1S/C27H28F2O3/c1-2-3-4-5-6-7-16-32-22-12-8-19(9-13-22)25-17-20(10-14-24(25)27(30)31)23-15-11-21(28)18-26(23)29/h8-15,17-18H,2-7,16H2,1H3,(H,30,31). The van der Waals surface area contributed by atoms with Gasteiger partial charge in [-0.2, -0.15) is 0 Å². The molecule has 3 aromatic carbocycles. The van der Waals surface area contributed by atoms with Crippen molar-refractivity contribution < 1.29 is 23.4 Å². The van der Waals surface area contributed by atoms with Gasteiger partial charge in [-0.1, -0.05) is 57.2 Å². The number of ether oxygens (including phenoxy) is 1. The number of carboxylic acids is 1. The van der Waals surface area contributed by atoms with Crippen LogP contribution < -0.4 is 4.74 Å². The molecule has 0 saturated carbocycles. The molecule has 0 atom stereocenters. The molecule has 0 saturated heterocycles. The van der Waals surface area contributed by atoms with E-state index in [2.05, 4.69) is 6.92 Å². The number of aromatic carboxylic acids is 1. The average Bonchev–Trinajstić information content (AvgIpc) is 2.78. The Labute approximate surface area is 187 Å². The van der Waals surface area contributed by atoms with Crippen molar-refractivity contribution in [2.45, 2.75) is 45.4 Å². The van der Waals surface area contributed by atoms with E-state index in [9.17, 15) is 18.7 Å². The van der Waals surface area contributed by atoms with Crippen LogP contribution in [0.4, 0.5) is 8.78 Å². The predicted molar refractivity (Wildman–Crippen MR) is 123 cm³/mol. The molecule has 0 unspecified atom stereocenters. The molecule has 0 spiro atoms. The fraction of sp³-hybridized carbons (Fsp3) is 0.296. The molecule has 1 N–H and O–H groups in total. The third-order valence-corrected chi connectivity index (χ3v) is 5.42. The third kappa shape index (κ3) is 6.16. The van der Waals surface area contributed by atoms with E-state index in [4.69, 9.17) is 4.74 Å². The van der Waals surface area contributed by atoms with Crippen LogP contribution in [0.15, 0.2) is 60.7 Å². The molecule has 0 heterocycles. The van der Waals surface area contributed by atoms with Gasteiger partial charge in [-0.25, -0.2) is 13.6 Å². The van der Waals surface area contributed by atoms with Gasteiger partial charge in [0.15, 0.2) is 0 Å². The van der Waals surface area contributed by atoms with E-state index in [1.165, 1.54) is 49.9 Å². The summed E-state index contributed by atoms with van der Waals surface area (Å²) >= 11 is 0. The van der Waals surface area contributed by atoms with Crippen LogP contribution >= 0.6 is 0 Å². The molecule has 3 rings (SSSR count). The van der Waals surface area contributed by atoms with Crippen molar-refractivity contribution in [1.29, 1.82) is 0 Å². The van der Waals surface area contributed by atoms with Crippen molar-refractivity contribution in [2.24, 2.45) is 0 Å². The van der Waals surface area contributed by atoms with E-state index in [1.807, 2.05) is 12.1 Å². The minimum Gasteiger partial charge on any atom is -0.494 e. The monoisotopic (exact) mass is 438 g/mol. The van der Waals surface area contributed by atoms with Gasteiger partial charge >= 0.3 is 5.97 Å². The molecule has 0 aliphatic heterocycles. The molecule has 0 amide bonds. The van der Waals surface area contributed by atoms with Crippen LogP contribution in [0.5, 0.6) is 5.75 Å². The second kappa shape index (κ2) is 11.4. The Hall–Kier alpha value is -3.21. The van der Waals surface area contributed by atoms with Crippen LogP contribution in [0.3, 0.4) is 0 Å². The first-order chi connectivity index (χ1) is 15.5. The van der Waals surface area contributed by atoms with Gasteiger partial charge in [0, 0.05) is 11.6 Å². The first-order valence-electron chi connectivity index (χ1n) is 11.1. The summed E-state index contributed by atoms with van der Waals surface area (Å²) < 4.78 is 33.3. The molecule has 0 aliphatic rings. The number of carbonyl (C=O) groups is 1. The zero-order valence-corrected chi connectivity index (χ0v) is 18.2. The number of halogens is 2. The van der Waals surface area contributed by atoms with E-state index in [0.717, 1.165) is 24.7 Å². The normalized spacial score (nSPS) is 10.8. The van der Waals surface area contributed by atoms with Crippen molar-refractivity contribution in [3.8, 4) is 28.0 Å². The molecule has 0 bridgehead atoms. The van der Waals surface area contributed by atoms with Gasteiger partial charge < -0.3 is 9.84 Å². The maximum absolute atomic E-state index is 14.2. The summed E-state index contributed by atoms with van der Waals surface area (Å²) in [4.78, 5) is 11.7. The summed E-state index contributed by atoms with van der Waals surface area (Å²) in [6.45, 7) is 2.84. The quantitative estimate of drug-likeness (QED) is 0.312. The highest BCUT2D eigenvalue weighted by molar-refractivity contribution is 5.97. The lowest BCUT2D eigenvalue weighted by atomic mass is 9.94. The van der Waals surface area contributed by atoms with Gasteiger partial charge in [-0.3, -0.25) is 0 Å². The summed E-state index contributed by atoms with van der Waals surface area (Å²) in [6, 6.07) is 15.1. The third-order valence-electron chi connectivity index (χ3n) is 5.42. The zero-order valence-electron chi connectivity index (χ0n) is 18.2. The number of carboxylic acid groups (broad SMARTS) is 1. The second-order valence-corrected chi connectivity index (χ2v) is 7.83. The summed E-state index contributed by atoms with van der Waals surface area (Å²) in [6.07, 6.45) is 7.13. The Morgan fingerprint density at radius 2 is 1.50 bits per heavy atom. The molecular weight excluding hydrogens is 410 g/mol. The van der Waals surface area contributed by atoms with Gasteiger partial charge in [0.1, 0.15) is 17.4 Å². The minimum atomic E-state index is -1.07. The van der Waals surface area contributed by atoms with Crippen LogP contribution in [0.1, 0.15) is 55.8 Å². The van der Waals surface area contributed by atoms with Crippen LogP contribution in [-0.4, -0.2) is 17.7 Å². The molecule has 0 fully saturated rings. The molecule has 5 heteroatoms. The lowest BCUT2D eigenvalue weighted by Crippen LogP contribution is -2.01. The van der Waals surface area contributed by atoms with Crippen molar-refractivity contribution in [1.82, 2.24) is 0 Å². The number of unbranched alkanes of at least 4 members (excludes halogenated alkanes) is 5. The van der Waals surface area contributed by atoms with Crippen LogP contribution in [-0.2, 0) is 0 Å². The Kier molecular flexibility index (Phi) is 8.37. The molecule has 168 valence electrons. The van der Waals surface area contributed by atoms with Crippen molar-refractivity contribution in [2.75, 3.05) is 6.61 Å². The topological polar surface area (TPSA) is 46.5 Å². The fourth-order valence-electron chi connectivity index (χ4n) is 3.66. The molecular formula is C27H28F2O3. The second-order valence-electron chi connectivity index (χ2n) is 7.83. The predicted octanol–water partition coefficient (Wildman–Crippen LogP) is 7.74.